The van der Waals surface area contributed by atoms with Gasteiger partial charge in [0.1, 0.15) is 0 Å². The van der Waals surface area contributed by atoms with Crippen molar-refractivity contribution in [3.63, 3.8) is 0 Å². The summed E-state index contributed by atoms with van der Waals surface area (Å²) in [5.41, 5.74) is 2.48. The quantitative estimate of drug-likeness (QED) is 0.587. The molecule has 148 valence electrons. The molecule has 1 aromatic rings. The molecule has 5 rings (SSSR count). The Bertz CT molecular complexity index is 668. The highest BCUT2D eigenvalue weighted by atomic mass is 15.0. The van der Waals surface area contributed by atoms with Crippen LogP contribution in [-0.4, -0.2) is 6.04 Å². The largest absolute Gasteiger partial charge is 0.382 e. The third-order valence-electron chi connectivity index (χ3n) is 10.0. The second-order valence-electron chi connectivity index (χ2n) is 11.2. The first-order valence-corrected chi connectivity index (χ1v) is 11.8. The molecule has 4 saturated carbocycles. The van der Waals surface area contributed by atoms with E-state index < -0.39 is 0 Å². The van der Waals surface area contributed by atoms with E-state index in [-0.39, 0.29) is 0 Å². The second kappa shape index (κ2) is 6.53. The lowest BCUT2D eigenvalue weighted by Gasteiger charge is -2.61. The molecule has 1 aromatic carbocycles. The fraction of sp³-hybridized carbons (Fsp3) is 0.769. The second-order valence-corrected chi connectivity index (χ2v) is 11.2. The van der Waals surface area contributed by atoms with Gasteiger partial charge in [-0.05, 0) is 104 Å². The van der Waals surface area contributed by atoms with Crippen LogP contribution in [0.5, 0.6) is 0 Å². The van der Waals surface area contributed by atoms with E-state index in [1.54, 1.807) is 0 Å². The minimum atomic E-state index is 0.502. The van der Waals surface area contributed by atoms with Crippen LogP contribution < -0.4 is 5.32 Å². The predicted octanol–water partition coefficient (Wildman–Crippen LogP) is 7.15. The summed E-state index contributed by atoms with van der Waals surface area (Å²) in [6.07, 6.45) is 13.3. The Hall–Kier alpha value is -0.980. The SMILES string of the molecule is CC1CCC2(C)C(CCC3C2CCC2(C)C3CC[C@@H]2Nc2ccccc2)C1. The number of para-hydroxylation sites is 1. The van der Waals surface area contributed by atoms with Crippen molar-refractivity contribution in [1.29, 1.82) is 0 Å². The van der Waals surface area contributed by atoms with Crippen molar-refractivity contribution >= 4 is 5.69 Å². The molecule has 27 heavy (non-hydrogen) atoms. The van der Waals surface area contributed by atoms with E-state index in [0.717, 1.165) is 29.6 Å². The lowest BCUT2D eigenvalue weighted by molar-refractivity contribution is -0.111. The third-order valence-corrected chi connectivity index (χ3v) is 10.0. The molecule has 4 fully saturated rings. The van der Waals surface area contributed by atoms with E-state index in [2.05, 4.69) is 56.4 Å². The van der Waals surface area contributed by atoms with Gasteiger partial charge in [0, 0.05) is 11.7 Å². The maximum absolute atomic E-state index is 3.95. The Balaban J connectivity index is 1.37. The summed E-state index contributed by atoms with van der Waals surface area (Å²) in [7, 11) is 0. The highest BCUT2D eigenvalue weighted by molar-refractivity contribution is 5.44. The molecule has 0 aromatic heterocycles. The van der Waals surface area contributed by atoms with Crippen molar-refractivity contribution in [3.05, 3.63) is 30.3 Å². The van der Waals surface area contributed by atoms with E-state index in [4.69, 9.17) is 0 Å². The van der Waals surface area contributed by atoms with Crippen molar-refractivity contribution in [2.75, 3.05) is 5.32 Å². The van der Waals surface area contributed by atoms with E-state index >= 15 is 0 Å². The lowest BCUT2D eigenvalue weighted by atomic mass is 9.44. The van der Waals surface area contributed by atoms with Gasteiger partial charge in [0.2, 0.25) is 0 Å². The third kappa shape index (κ3) is 2.78. The molecule has 0 heterocycles. The van der Waals surface area contributed by atoms with Crippen LogP contribution in [0.3, 0.4) is 0 Å². The van der Waals surface area contributed by atoms with Crippen molar-refractivity contribution < 1.29 is 0 Å². The standard InChI is InChI=1S/C26H39N/c1-18-13-15-25(2)19(17-18)9-10-21-22-11-12-24(26(22,3)16-14-23(21)25)27-20-7-5-4-6-8-20/h4-8,18-19,21-24,27H,9-17H2,1-3H3/t18?,19?,21?,22?,23?,24-,25?,26?/m0/s1. The van der Waals surface area contributed by atoms with Gasteiger partial charge in [-0.25, -0.2) is 0 Å². The van der Waals surface area contributed by atoms with Crippen LogP contribution >= 0.6 is 0 Å². The molecule has 4 aliphatic carbocycles. The number of hydrogen-bond acceptors (Lipinski definition) is 1. The first-order valence-electron chi connectivity index (χ1n) is 11.8. The van der Waals surface area contributed by atoms with Gasteiger partial charge in [-0.15, -0.1) is 0 Å². The van der Waals surface area contributed by atoms with Crippen LogP contribution in [0.4, 0.5) is 5.69 Å². The smallest absolute Gasteiger partial charge is 0.0342 e. The minimum Gasteiger partial charge on any atom is -0.382 e. The molecule has 0 aliphatic heterocycles. The molecule has 7 unspecified atom stereocenters. The number of hydrogen-bond donors (Lipinski definition) is 1. The first-order chi connectivity index (χ1) is 13.0. The monoisotopic (exact) mass is 365 g/mol. The summed E-state index contributed by atoms with van der Waals surface area (Å²) in [4.78, 5) is 0. The van der Waals surface area contributed by atoms with Crippen molar-refractivity contribution in [2.24, 2.45) is 40.4 Å². The number of fused-ring (bicyclic) bond motifs is 5. The topological polar surface area (TPSA) is 12.0 Å². The summed E-state index contributed by atoms with van der Waals surface area (Å²) < 4.78 is 0. The number of rotatable bonds is 2. The van der Waals surface area contributed by atoms with Gasteiger partial charge < -0.3 is 5.32 Å². The number of benzene rings is 1. The lowest BCUT2D eigenvalue weighted by Crippen LogP contribution is -2.54. The Kier molecular flexibility index (Phi) is 4.37. The highest BCUT2D eigenvalue weighted by Crippen LogP contribution is 2.66. The average Bonchev–Trinajstić information content (AvgIpc) is 3.00. The van der Waals surface area contributed by atoms with Crippen LogP contribution in [0, 0.1) is 40.4 Å². The van der Waals surface area contributed by atoms with Crippen LogP contribution in [0.25, 0.3) is 0 Å². The molecule has 0 radical (unpaired) electrons. The van der Waals surface area contributed by atoms with Crippen molar-refractivity contribution in [2.45, 2.75) is 84.6 Å². The molecule has 0 bridgehead atoms. The van der Waals surface area contributed by atoms with Gasteiger partial charge in [-0.3, -0.25) is 0 Å². The maximum Gasteiger partial charge on any atom is 0.0342 e. The molecular formula is C26H39N. The zero-order valence-corrected chi connectivity index (χ0v) is 17.7. The zero-order chi connectivity index (χ0) is 18.6. The van der Waals surface area contributed by atoms with E-state index in [9.17, 15) is 0 Å². The van der Waals surface area contributed by atoms with Crippen LogP contribution in [-0.2, 0) is 0 Å². The van der Waals surface area contributed by atoms with Crippen LogP contribution in [0.15, 0.2) is 30.3 Å². The maximum atomic E-state index is 3.95. The van der Waals surface area contributed by atoms with Crippen molar-refractivity contribution in [3.8, 4) is 0 Å². The number of nitrogens with one attached hydrogen (secondary N) is 1. The van der Waals surface area contributed by atoms with E-state index in [0.29, 0.717) is 16.9 Å². The van der Waals surface area contributed by atoms with Gasteiger partial charge in [0.05, 0.1) is 0 Å². The molecule has 0 saturated heterocycles. The fourth-order valence-electron chi connectivity index (χ4n) is 8.45. The van der Waals surface area contributed by atoms with Gasteiger partial charge in [0.25, 0.3) is 0 Å². The fourth-order valence-corrected chi connectivity index (χ4v) is 8.45. The first kappa shape index (κ1) is 18.1. The number of anilines is 1. The zero-order valence-electron chi connectivity index (χ0n) is 17.7. The summed E-state index contributed by atoms with van der Waals surface area (Å²) in [5, 5.41) is 3.95. The molecule has 1 N–H and O–H groups in total. The summed E-state index contributed by atoms with van der Waals surface area (Å²) in [6, 6.07) is 11.6. The minimum absolute atomic E-state index is 0.502. The molecule has 8 atom stereocenters. The summed E-state index contributed by atoms with van der Waals surface area (Å²) in [6.45, 7) is 7.84. The molecule has 1 heteroatoms. The predicted molar refractivity (Wildman–Crippen MR) is 115 cm³/mol. The van der Waals surface area contributed by atoms with E-state index in [1.807, 2.05) is 0 Å². The molecular weight excluding hydrogens is 326 g/mol. The Morgan fingerprint density at radius 3 is 2.37 bits per heavy atom. The molecule has 0 amide bonds. The van der Waals surface area contributed by atoms with Crippen LogP contribution in [0.1, 0.15) is 78.6 Å². The summed E-state index contributed by atoms with van der Waals surface area (Å²) in [5.74, 6) is 4.96. The highest BCUT2D eigenvalue weighted by Gasteiger charge is 2.59. The Morgan fingerprint density at radius 2 is 1.56 bits per heavy atom. The molecule has 0 spiro atoms. The summed E-state index contributed by atoms with van der Waals surface area (Å²) >= 11 is 0. The van der Waals surface area contributed by atoms with Gasteiger partial charge in [-0.2, -0.15) is 0 Å². The van der Waals surface area contributed by atoms with Gasteiger partial charge in [0.15, 0.2) is 0 Å². The van der Waals surface area contributed by atoms with Gasteiger partial charge >= 0.3 is 0 Å². The van der Waals surface area contributed by atoms with Crippen molar-refractivity contribution in [1.82, 2.24) is 0 Å². The molecule has 4 aliphatic rings. The van der Waals surface area contributed by atoms with Gasteiger partial charge in [-0.1, -0.05) is 45.4 Å². The average molecular weight is 366 g/mol. The normalized spacial score (nSPS) is 49.0. The van der Waals surface area contributed by atoms with E-state index in [1.165, 1.54) is 63.5 Å². The Labute approximate surface area is 166 Å². The van der Waals surface area contributed by atoms with Crippen LogP contribution in [0.2, 0.25) is 0 Å². The Morgan fingerprint density at radius 1 is 0.815 bits per heavy atom. The molecule has 1 nitrogen and oxygen atoms in total.